The molecule has 0 saturated carbocycles. The van der Waals surface area contributed by atoms with E-state index in [1.54, 1.807) is 7.11 Å². The first kappa shape index (κ1) is 44.9. The number of ether oxygens (including phenoxy) is 3. The van der Waals surface area contributed by atoms with Crippen molar-refractivity contribution in [1.82, 2.24) is 0 Å². The van der Waals surface area contributed by atoms with Crippen LogP contribution in [0.4, 0.5) is 0 Å². The summed E-state index contributed by atoms with van der Waals surface area (Å²) in [6, 6.07) is 28.2. The van der Waals surface area contributed by atoms with E-state index in [-0.39, 0.29) is 19.8 Å². The van der Waals surface area contributed by atoms with Crippen molar-refractivity contribution >= 4 is 7.82 Å². The van der Waals surface area contributed by atoms with Crippen LogP contribution in [0.1, 0.15) is 140 Å². The number of hydrogen-bond donors (Lipinski definition) is 0. The Morgan fingerprint density at radius 2 is 1.00 bits per heavy atom. The van der Waals surface area contributed by atoms with E-state index in [1.165, 1.54) is 84.2 Å². The minimum absolute atomic E-state index is 0.0697. The van der Waals surface area contributed by atoms with E-state index in [0.717, 1.165) is 54.5 Å². The molecule has 3 aromatic carbocycles. The molecule has 296 valence electrons. The lowest BCUT2D eigenvalue weighted by Crippen LogP contribution is -2.37. The monoisotopic (exact) mass is 752 g/mol. The maximum atomic E-state index is 13.7. The van der Waals surface area contributed by atoms with E-state index in [4.69, 9.17) is 27.8 Å². The molecular formula is C45H69O7P. The maximum absolute atomic E-state index is 13.7. The zero-order valence-corrected chi connectivity index (χ0v) is 34.2. The van der Waals surface area contributed by atoms with Crippen molar-refractivity contribution in [3.63, 3.8) is 0 Å². The Balaban J connectivity index is 1.65. The molecule has 0 fully saturated rings. The van der Waals surface area contributed by atoms with Crippen LogP contribution in [0.2, 0.25) is 0 Å². The van der Waals surface area contributed by atoms with Gasteiger partial charge in [-0.15, -0.1) is 0 Å². The van der Waals surface area contributed by atoms with Crippen LogP contribution in [0, 0.1) is 0 Å². The average Bonchev–Trinajstić information content (AvgIpc) is 3.20. The van der Waals surface area contributed by atoms with E-state index in [0.29, 0.717) is 6.61 Å². The van der Waals surface area contributed by atoms with Gasteiger partial charge in [0.1, 0.15) is 17.5 Å². The summed E-state index contributed by atoms with van der Waals surface area (Å²) in [6.45, 7) is 5.53. The van der Waals surface area contributed by atoms with Crippen molar-refractivity contribution in [3.8, 4) is 5.75 Å². The summed E-state index contributed by atoms with van der Waals surface area (Å²) in [4.78, 5) is 0. The first-order valence-corrected chi connectivity index (χ1v) is 21.9. The number of unbranched alkanes of at least 4 members (excludes halogenated alkanes) is 15. The van der Waals surface area contributed by atoms with Gasteiger partial charge >= 0.3 is 7.82 Å². The third kappa shape index (κ3) is 16.4. The Bertz CT molecular complexity index is 1310. The molecule has 0 aliphatic heterocycles. The molecule has 0 N–H and O–H groups in total. The van der Waals surface area contributed by atoms with E-state index < -0.39 is 19.5 Å². The Kier molecular flexibility index (Phi) is 23.0. The van der Waals surface area contributed by atoms with E-state index in [2.05, 4.69) is 38.1 Å². The van der Waals surface area contributed by atoms with Crippen LogP contribution in [-0.2, 0) is 33.2 Å². The van der Waals surface area contributed by atoms with Crippen LogP contribution in [0.3, 0.4) is 0 Å². The fourth-order valence-corrected chi connectivity index (χ4v) is 7.79. The standard InChI is InChI=1S/C45H69O7P/c1-5-7-9-10-11-12-13-14-15-16-17-18-19-27-36-49-38-44(52-53(46,48-4)51-37-26-8-6-2)39-50-45(40-28-22-20-23-29-40,41-30-24-21-25-31-41)42-32-34-43(47-3)35-33-42/h20-25,28-35,44H,5-19,26-27,36-39H2,1-4H3. The smallest absolute Gasteiger partial charge is 0.474 e. The molecule has 0 radical (unpaired) electrons. The lowest BCUT2D eigenvalue weighted by atomic mass is 9.80. The molecule has 0 aliphatic rings. The molecular weight excluding hydrogens is 683 g/mol. The summed E-state index contributed by atoms with van der Waals surface area (Å²) in [5.41, 5.74) is 1.81. The first-order valence-electron chi connectivity index (χ1n) is 20.5. The number of methoxy groups -OCH3 is 1. The second-order valence-corrected chi connectivity index (χ2v) is 15.7. The third-order valence-corrected chi connectivity index (χ3v) is 11.3. The summed E-state index contributed by atoms with van der Waals surface area (Å²) in [5.74, 6) is 0.753. The number of hydrogen-bond acceptors (Lipinski definition) is 7. The molecule has 0 spiro atoms. The summed E-state index contributed by atoms with van der Waals surface area (Å²) in [6.07, 6.45) is 20.3. The van der Waals surface area contributed by atoms with Crippen LogP contribution >= 0.6 is 7.82 Å². The van der Waals surface area contributed by atoms with Gasteiger partial charge in [-0.3, -0.25) is 13.6 Å². The second-order valence-electron chi connectivity index (χ2n) is 14.0. The Labute approximate surface area is 322 Å². The molecule has 0 aromatic heterocycles. The first-order chi connectivity index (χ1) is 26.0. The zero-order chi connectivity index (χ0) is 37.9. The highest BCUT2D eigenvalue weighted by Gasteiger charge is 2.39. The van der Waals surface area contributed by atoms with Crippen LogP contribution in [0.15, 0.2) is 84.9 Å². The lowest BCUT2D eigenvalue weighted by Gasteiger charge is -2.37. The van der Waals surface area contributed by atoms with Crippen molar-refractivity contribution in [3.05, 3.63) is 102 Å². The number of benzene rings is 3. The van der Waals surface area contributed by atoms with Crippen molar-refractivity contribution in [2.75, 3.05) is 40.6 Å². The van der Waals surface area contributed by atoms with Gasteiger partial charge in [0.25, 0.3) is 0 Å². The van der Waals surface area contributed by atoms with Crippen LogP contribution in [0.25, 0.3) is 0 Å². The van der Waals surface area contributed by atoms with Gasteiger partial charge in [-0.2, -0.15) is 0 Å². The molecule has 0 bridgehead atoms. The molecule has 2 unspecified atom stereocenters. The Hall–Kier alpha value is -2.51. The summed E-state index contributed by atoms with van der Waals surface area (Å²) in [7, 11) is -0.849. The molecule has 7 nitrogen and oxygen atoms in total. The van der Waals surface area contributed by atoms with Gasteiger partial charge in [-0.1, -0.05) is 183 Å². The summed E-state index contributed by atoms with van der Waals surface area (Å²) < 4.78 is 49.8. The lowest BCUT2D eigenvalue weighted by molar-refractivity contribution is -0.0654. The topological polar surface area (TPSA) is 72.5 Å². The summed E-state index contributed by atoms with van der Waals surface area (Å²) in [5, 5.41) is 0. The molecule has 2 atom stereocenters. The minimum atomic E-state index is -3.87. The van der Waals surface area contributed by atoms with Gasteiger partial charge in [-0.25, -0.2) is 4.57 Å². The van der Waals surface area contributed by atoms with Gasteiger partial charge in [0.2, 0.25) is 0 Å². The van der Waals surface area contributed by atoms with E-state index in [1.807, 2.05) is 60.7 Å². The minimum Gasteiger partial charge on any atom is -0.497 e. The van der Waals surface area contributed by atoms with Crippen LogP contribution in [0.5, 0.6) is 5.75 Å². The van der Waals surface area contributed by atoms with E-state index >= 15 is 0 Å². The largest absolute Gasteiger partial charge is 0.497 e. The quantitative estimate of drug-likeness (QED) is 0.0357. The van der Waals surface area contributed by atoms with Crippen molar-refractivity contribution in [2.45, 2.75) is 135 Å². The van der Waals surface area contributed by atoms with Crippen LogP contribution < -0.4 is 4.74 Å². The van der Waals surface area contributed by atoms with Gasteiger partial charge in [0.15, 0.2) is 0 Å². The number of rotatable bonds is 32. The molecule has 3 aromatic rings. The Morgan fingerprint density at radius 3 is 1.49 bits per heavy atom. The Morgan fingerprint density at radius 1 is 0.547 bits per heavy atom. The second kappa shape index (κ2) is 27.1. The van der Waals surface area contributed by atoms with Gasteiger partial charge in [-0.05, 0) is 41.7 Å². The highest BCUT2D eigenvalue weighted by Crippen LogP contribution is 2.50. The van der Waals surface area contributed by atoms with Crippen molar-refractivity contribution < 1.29 is 32.3 Å². The van der Waals surface area contributed by atoms with Crippen LogP contribution in [-0.4, -0.2) is 46.8 Å². The molecule has 0 heterocycles. The average molecular weight is 753 g/mol. The maximum Gasteiger partial charge on any atom is 0.474 e. The van der Waals surface area contributed by atoms with Gasteiger partial charge in [0, 0.05) is 13.7 Å². The molecule has 8 heteroatoms. The predicted octanol–water partition coefficient (Wildman–Crippen LogP) is 12.8. The summed E-state index contributed by atoms with van der Waals surface area (Å²) >= 11 is 0. The third-order valence-electron chi connectivity index (χ3n) is 9.79. The fourth-order valence-electron chi connectivity index (χ4n) is 6.70. The molecule has 0 saturated heterocycles. The van der Waals surface area contributed by atoms with Crippen molar-refractivity contribution in [2.24, 2.45) is 0 Å². The zero-order valence-electron chi connectivity index (χ0n) is 33.3. The van der Waals surface area contributed by atoms with Crippen molar-refractivity contribution in [1.29, 1.82) is 0 Å². The molecule has 53 heavy (non-hydrogen) atoms. The normalized spacial score (nSPS) is 13.5. The highest BCUT2D eigenvalue weighted by atomic mass is 31.2. The highest BCUT2D eigenvalue weighted by molar-refractivity contribution is 7.48. The molecule has 0 aliphatic carbocycles. The van der Waals surface area contributed by atoms with Gasteiger partial charge < -0.3 is 14.2 Å². The number of phosphoric ester groups is 1. The SMILES string of the molecule is CCCCCCCCCCCCCCCCOCC(COC(c1ccccc1)(c1ccccc1)c1ccc(OC)cc1)OP(=O)(OC)OCCCCC. The predicted molar refractivity (Wildman–Crippen MR) is 218 cm³/mol. The fraction of sp³-hybridized carbons (Fsp3) is 0.600. The molecule has 3 rings (SSSR count). The number of phosphoric acid groups is 1. The van der Waals surface area contributed by atoms with E-state index in [9.17, 15) is 4.57 Å². The van der Waals surface area contributed by atoms with Gasteiger partial charge in [0.05, 0.1) is 26.9 Å². The molecule has 0 amide bonds.